The van der Waals surface area contributed by atoms with Gasteiger partial charge >= 0.3 is 0 Å². The van der Waals surface area contributed by atoms with Crippen molar-refractivity contribution in [1.29, 1.82) is 0 Å². The molecule has 1 aromatic rings. The van der Waals surface area contributed by atoms with Gasteiger partial charge in [0.2, 0.25) is 5.96 Å². The van der Waals surface area contributed by atoms with Crippen molar-refractivity contribution in [3.8, 4) is 0 Å². The number of nitrogens with zero attached hydrogens (tertiary/aromatic N) is 1. The van der Waals surface area contributed by atoms with Crippen LogP contribution in [0.15, 0.2) is 29.3 Å². The summed E-state index contributed by atoms with van der Waals surface area (Å²) in [6.45, 7) is 2.01. The number of aryl methyl sites for hydroxylation is 1. The highest BCUT2D eigenvalue weighted by Gasteiger charge is 1.94. The second-order valence-electron chi connectivity index (χ2n) is 2.83. The molecule has 0 atom stereocenters. The van der Waals surface area contributed by atoms with Crippen molar-refractivity contribution in [1.82, 2.24) is 0 Å². The molecular weight excluding hydrogens is 196 g/mol. The molecule has 5 heteroatoms. The Morgan fingerprint density at radius 1 is 1.29 bits per heavy atom. The van der Waals surface area contributed by atoms with Crippen LogP contribution in [0.1, 0.15) is 5.56 Å². The van der Waals surface area contributed by atoms with Gasteiger partial charge in [-0.25, -0.2) is 0 Å². The lowest BCUT2D eigenvalue weighted by Gasteiger charge is -2.04. The van der Waals surface area contributed by atoms with Gasteiger partial charge in [-0.1, -0.05) is 17.7 Å². The van der Waals surface area contributed by atoms with Crippen LogP contribution in [-0.2, 0) is 0 Å². The van der Waals surface area contributed by atoms with Crippen molar-refractivity contribution in [2.45, 2.75) is 6.92 Å². The highest BCUT2D eigenvalue weighted by molar-refractivity contribution is 7.80. The SMILES string of the molecule is Cc1ccc(N/C(N)=N/C(N)=S)cc1. The number of benzene rings is 1. The molecule has 1 aromatic carbocycles. The lowest BCUT2D eigenvalue weighted by molar-refractivity contribution is 1.44. The Kier molecular flexibility index (Phi) is 3.41. The third-order valence-corrected chi connectivity index (χ3v) is 1.65. The fourth-order valence-corrected chi connectivity index (χ4v) is 1.03. The van der Waals surface area contributed by atoms with Crippen molar-refractivity contribution in [3.05, 3.63) is 29.8 Å². The number of nitrogens with one attached hydrogen (secondary N) is 1. The van der Waals surface area contributed by atoms with Crippen LogP contribution in [0.3, 0.4) is 0 Å². The first-order valence-electron chi connectivity index (χ1n) is 4.05. The van der Waals surface area contributed by atoms with Gasteiger partial charge in [0.25, 0.3) is 0 Å². The first-order valence-corrected chi connectivity index (χ1v) is 4.46. The smallest absolute Gasteiger partial charge is 0.200 e. The lowest BCUT2D eigenvalue weighted by Crippen LogP contribution is -2.25. The van der Waals surface area contributed by atoms with E-state index in [1.54, 1.807) is 0 Å². The van der Waals surface area contributed by atoms with Crippen LogP contribution in [0.4, 0.5) is 5.69 Å². The summed E-state index contributed by atoms with van der Waals surface area (Å²) in [6.07, 6.45) is 0. The predicted octanol–water partition coefficient (Wildman–Crippen LogP) is 0.965. The molecule has 0 saturated carbocycles. The van der Waals surface area contributed by atoms with E-state index in [1.807, 2.05) is 31.2 Å². The zero-order valence-electron chi connectivity index (χ0n) is 7.82. The van der Waals surface area contributed by atoms with Crippen molar-refractivity contribution in [3.63, 3.8) is 0 Å². The molecule has 74 valence electrons. The van der Waals surface area contributed by atoms with E-state index in [0.29, 0.717) is 0 Å². The number of guanidine groups is 1. The summed E-state index contributed by atoms with van der Waals surface area (Å²) in [6, 6.07) is 7.74. The molecule has 0 aromatic heterocycles. The minimum absolute atomic E-state index is 0.0158. The molecule has 0 amide bonds. The molecule has 0 aliphatic heterocycles. The molecule has 0 aliphatic rings. The molecule has 0 aliphatic carbocycles. The van der Waals surface area contributed by atoms with Gasteiger partial charge in [-0.05, 0) is 31.3 Å². The average molecular weight is 208 g/mol. The van der Waals surface area contributed by atoms with Gasteiger partial charge in [0.05, 0.1) is 0 Å². The Morgan fingerprint density at radius 3 is 2.36 bits per heavy atom. The molecular formula is C9H12N4S. The largest absolute Gasteiger partial charge is 0.374 e. The molecule has 0 bridgehead atoms. The summed E-state index contributed by atoms with van der Waals surface area (Å²) in [4.78, 5) is 3.69. The summed E-state index contributed by atoms with van der Waals surface area (Å²) >= 11 is 4.58. The third-order valence-electron chi connectivity index (χ3n) is 1.55. The number of hydrogen-bond acceptors (Lipinski definition) is 1. The van der Waals surface area contributed by atoms with Crippen molar-refractivity contribution in [2.75, 3.05) is 5.32 Å². The maximum atomic E-state index is 5.52. The topological polar surface area (TPSA) is 76.4 Å². The summed E-state index contributed by atoms with van der Waals surface area (Å²) in [5.74, 6) is 0.196. The standard InChI is InChI=1S/C9H12N4S/c1-6-2-4-7(5-3-6)12-8(10)13-9(11)14/h2-5H,1H3,(H5,10,11,12,13,14). The molecule has 0 radical (unpaired) electrons. The van der Waals surface area contributed by atoms with Crippen molar-refractivity contribution >= 4 is 29.0 Å². The molecule has 4 nitrogen and oxygen atoms in total. The molecule has 0 unspecified atom stereocenters. The molecule has 0 fully saturated rings. The van der Waals surface area contributed by atoms with E-state index < -0.39 is 0 Å². The van der Waals surface area contributed by atoms with Crippen LogP contribution >= 0.6 is 12.2 Å². The number of anilines is 1. The molecule has 0 saturated heterocycles. The average Bonchev–Trinajstić information content (AvgIpc) is 2.07. The maximum Gasteiger partial charge on any atom is 0.200 e. The van der Waals surface area contributed by atoms with E-state index in [1.165, 1.54) is 5.56 Å². The predicted molar refractivity (Wildman–Crippen MR) is 63.2 cm³/mol. The molecule has 0 heterocycles. The van der Waals surface area contributed by atoms with Gasteiger partial charge in [0.15, 0.2) is 5.11 Å². The number of thiocarbonyl (C=S) groups is 1. The van der Waals surface area contributed by atoms with E-state index in [2.05, 4.69) is 22.5 Å². The Balaban J connectivity index is 2.69. The molecule has 14 heavy (non-hydrogen) atoms. The summed E-state index contributed by atoms with van der Waals surface area (Å²) in [5.41, 5.74) is 12.7. The maximum absolute atomic E-state index is 5.52. The fraction of sp³-hybridized carbons (Fsp3) is 0.111. The summed E-state index contributed by atoms with van der Waals surface area (Å²) in [5, 5.41) is 2.88. The van der Waals surface area contributed by atoms with E-state index >= 15 is 0 Å². The van der Waals surface area contributed by atoms with Crippen LogP contribution < -0.4 is 16.8 Å². The van der Waals surface area contributed by atoms with Gasteiger partial charge in [-0.2, -0.15) is 4.99 Å². The monoisotopic (exact) mass is 208 g/mol. The van der Waals surface area contributed by atoms with E-state index in [9.17, 15) is 0 Å². The minimum Gasteiger partial charge on any atom is -0.374 e. The second-order valence-corrected chi connectivity index (χ2v) is 3.24. The fourth-order valence-electron chi connectivity index (χ4n) is 0.931. The normalized spacial score (nSPS) is 11.1. The highest BCUT2D eigenvalue weighted by Crippen LogP contribution is 2.07. The van der Waals surface area contributed by atoms with Crippen LogP contribution in [0.2, 0.25) is 0 Å². The third kappa shape index (κ3) is 3.40. The second kappa shape index (κ2) is 4.57. The molecule has 0 spiro atoms. The Bertz CT molecular complexity index is 356. The quantitative estimate of drug-likeness (QED) is 0.365. The van der Waals surface area contributed by atoms with Gasteiger partial charge in [-0.3, -0.25) is 0 Å². The highest BCUT2D eigenvalue weighted by atomic mass is 32.1. The van der Waals surface area contributed by atoms with Crippen molar-refractivity contribution < 1.29 is 0 Å². The van der Waals surface area contributed by atoms with E-state index in [-0.39, 0.29) is 11.1 Å². The van der Waals surface area contributed by atoms with Crippen LogP contribution in [0.5, 0.6) is 0 Å². The zero-order valence-corrected chi connectivity index (χ0v) is 8.64. The Morgan fingerprint density at radius 2 is 1.86 bits per heavy atom. The number of rotatable bonds is 1. The Hall–Kier alpha value is -1.62. The molecule has 1 rings (SSSR count). The Labute approximate surface area is 88.0 Å². The number of nitrogens with two attached hydrogens (primary N) is 2. The first-order chi connectivity index (χ1) is 6.58. The van der Waals surface area contributed by atoms with Crippen LogP contribution in [0.25, 0.3) is 0 Å². The minimum atomic E-state index is 0.0158. The number of hydrogen-bond donors (Lipinski definition) is 3. The summed E-state index contributed by atoms with van der Waals surface area (Å²) in [7, 11) is 0. The van der Waals surface area contributed by atoms with Gasteiger partial charge in [0, 0.05) is 5.69 Å². The lowest BCUT2D eigenvalue weighted by atomic mass is 10.2. The van der Waals surface area contributed by atoms with Crippen LogP contribution in [-0.4, -0.2) is 11.1 Å². The summed E-state index contributed by atoms with van der Waals surface area (Å²) < 4.78 is 0. The first kappa shape index (κ1) is 10.5. The van der Waals surface area contributed by atoms with Crippen LogP contribution in [0, 0.1) is 6.92 Å². The van der Waals surface area contributed by atoms with E-state index in [0.717, 1.165) is 5.69 Å². The number of aliphatic imine (C=N–C) groups is 1. The van der Waals surface area contributed by atoms with E-state index in [4.69, 9.17) is 11.5 Å². The molecule has 5 N–H and O–H groups in total. The van der Waals surface area contributed by atoms with Gasteiger partial charge in [0.1, 0.15) is 0 Å². The van der Waals surface area contributed by atoms with Gasteiger partial charge < -0.3 is 16.8 Å². The zero-order chi connectivity index (χ0) is 10.6. The van der Waals surface area contributed by atoms with Crippen molar-refractivity contribution in [2.24, 2.45) is 16.5 Å². The van der Waals surface area contributed by atoms with Gasteiger partial charge in [-0.15, -0.1) is 0 Å².